The first-order chi connectivity index (χ1) is 28.7. The lowest BCUT2D eigenvalue weighted by atomic mass is 9.72. The highest BCUT2D eigenvalue weighted by Gasteiger charge is 2.45. The normalized spacial score (nSPS) is 26.6. The Hall–Kier alpha value is -5.46. The summed E-state index contributed by atoms with van der Waals surface area (Å²) >= 11 is 0. The molecule has 1 aliphatic carbocycles. The van der Waals surface area contributed by atoms with Crippen LogP contribution >= 0.6 is 0 Å². The third kappa shape index (κ3) is 7.71. The van der Waals surface area contributed by atoms with E-state index in [1.165, 1.54) is 18.3 Å². The van der Waals surface area contributed by atoms with E-state index < -0.39 is 34.9 Å². The highest BCUT2D eigenvalue weighted by atomic mass is 19.1. The van der Waals surface area contributed by atoms with Crippen molar-refractivity contribution < 1.29 is 32.5 Å². The van der Waals surface area contributed by atoms with Gasteiger partial charge >= 0.3 is 6.01 Å². The van der Waals surface area contributed by atoms with Crippen molar-refractivity contribution in [3.8, 4) is 18.4 Å². The second-order valence-corrected chi connectivity index (χ2v) is 17.2. The first-order valence-electron chi connectivity index (χ1n) is 20.6. The minimum absolute atomic E-state index is 0.00284. The molecule has 1 aromatic carbocycles. The molecule has 0 spiro atoms. The van der Waals surface area contributed by atoms with Crippen molar-refractivity contribution in [3.05, 3.63) is 83.3 Å². The van der Waals surface area contributed by atoms with E-state index in [0.717, 1.165) is 25.1 Å². The Morgan fingerprint density at radius 2 is 1.98 bits per heavy atom. The standard InChI is InChI=1S/C45H51F3N8O4/c1-7-32-35(47)13-11-28-18-45(5,58)20-33(38(28)32)40-39(48)41-34(22-50-40)42(53(6)24-31-10-9-15-55(31)37(57)8-2)52-43(51-41)60-26-44(4)19-29(46)23-56(44)36-14-12-30(21-49-36)54-16-17-59-25-27(54)3/h1,8,11-14,21-22,27,29,31,33,58H,2,9-10,15-20,23-26H2,3-6H3/t27-,29+,31-,33-,44-,45+/m0/s1. The van der Waals surface area contributed by atoms with Crippen molar-refractivity contribution in [3.63, 3.8) is 0 Å². The van der Waals surface area contributed by atoms with Gasteiger partial charge in [0.25, 0.3) is 0 Å². The number of halogens is 3. The summed E-state index contributed by atoms with van der Waals surface area (Å²) in [5.41, 5.74) is -0.343. The summed E-state index contributed by atoms with van der Waals surface area (Å²) < 4.78 is 59.8. The molecule has 3 aromatic heterocycles. The molecule has 0 saturated carbocycles. The summed E-state index contributed by atoms with van der Waals surface area (Å²) in [4.78, 5) is 39.2. The number of benzene rings is 1. The molecule has 15 heteroatoms. The number of nitrogens with zero attached hydrogens (tertiary/aromatic N) is 8. The van der Waals surface area contributed by atoms with Gasteiger partial charge < -0.3 is 34.2 Å². The molecule has 4 aromatic rings. The number of rotatable bonds is 10. The number of alkyl halides is 1. The van der Waals surface area contributed by atoms with Crippen LogP contribution in [0.25, 0.3) is 10.9 Å². The quantitative estimate of drug-likeness (QED) is 0.156. The number of likely N-dealkylation sites (tertiary alicyclic amines) is 1. The molecule has 3 saturated heterocycles. The predicted octanol–water partition coefficient (Wildman–Crippen LogP) is 5.73. The second-order valence-electron chi connectivity index (χ2n) is 17.2. The van der Waals surface area contributed by atoms with E-state index in [4.69, 9.17) is 25.9 Å². The predicted molar refractivity (Wildman–Crippen MR) is 223 cm³/mol. The minimum atomic E-state index is -1.27. The Kier molecular flexibility index (Phi) is 11.1. The van der Waals surface area contributed by atoms with E-state index in [9.17, 15) is 9.90 Å². The van der Waals surface area contributed by atoms with Gasteiger partial charge in [-0.2, -0.15) is 9.97 Å². The average molecular weight is 825 g/mol. The van der Waals surface area contributed by atoms with Crippen LogP contribution in [0.1, 0.15) is 74.8 Å². The molecule has 3 aliphatic heterocycles. The Morgan fingerprint density at radius 3 is 2.72 bits per heavy atom. The van der Waals surface area contributed by atoms with E-state index in [-0.39, 0.29) is 78.6 Å². The summed E-state index contributed by atoms with van der Waals surface area (Å²) in [6.45, 7) is 12.3. The van der Waals surface area contributed by atoms with E-state index in [1.54, 1.807) is 31.1 Å². The van der Waals surface area contributed by atoms with Gasteiger partial charge in [0, 0.05) is 63.7 Å². The van der Waals surface area contributed by atoms with Crippen LogP contribution in [0, 0.1) is 24.0 Å². The maximum atomic E-state index is 17.3. The Bertz CT molecular complexity index is 2340. The highest BCUT2D eigenvalue weighted by Crippen LogP contribution is 2.45. The molecule has 0 bridgehead atoms. The molecule has 6 heterocycles. The average Bonchev–Trinajstić information content (AvgIpc) is 3.82. The molecule has 8 rings (SSSR count). The van der Waals surface area contributed by atoms with Crippen LogP contribution in [0.3, 0.4) is 0 Å². The molecule has 316 valence electrons. The van der Waals surface area contributed by atoms with Crippen LogP contribution in [-0.4, -0.2) is 118 Å². The van der Waals surface area contributed by atoms with Crippen LogP contribution in [-0.2, 0) is 16.0 Å². The highest BCUT2D eigenvalue weighted by molar-refractivity contribution is 5.90. The zero-order valence-electron chi connectivity index (χ0n) is 34.5. The maximum Gasteiger partial charge on any atom is 0.319 e. The number of terminal acetylenes is 1. The minimum Gasteiger partial charge on any atom is -0.461 e. The summed E-state index contributed by atoms with van der Waals surface area (Å²) in [5, 5.41) is 11.6. The fourth-order valence-corrected chi connectivity index (χ4v) is 9.68. The van der Waals surface area contributed by atoms with Gasteiger partial charge in [0.2, 0.25) is 5.91 Å². The molecule has 6 atom stereocenters. The molecule has 0 radical (unpaired) electrons. The number of carbonyl (C=O) groups excluding carboxylic acids is 1. The fourth-order valence-electron chi connectivity index (χ4n) is 9.68. The van der Waals surface area contributed by atoms with Crippen molar-refractivity contribution in [2.45, 2.75) is 88.2 Å². The molecule has 3 fully saturated rings. The first kappa shape index (κ1) is 41.3. The van der Waals surface area contributed by atoms with E-state index in [1.807, 2.05) is 28.9 Å². The Morgan fingerprint density at radius 1 is 1.17 bits per heavy atom. The zero-order chi connectivity index (χ0) is 42.5. The van der Waals surface area contributed by atoms with Gasteiger partial charge in [-0.05, 0) is 75.4 Å². The second kappa shape index (κ2) is 16.2. The Balaban J connectivity index is 1.16. The molecule has 60 heavy (non-hydrogen) atoms. The summed E-state index contributed by atoms with van der Waals surface area (Å²) in [6.07, 6.45) is 11.2. The summed E-state index contributed by atoms with van der Waals surface area (Å²) in [7, 11) is 1.80. The van der Waals surface area contributed by atoms with Crippen LogP contribution < -0.4 is 19.4 Å². The summed E-state index contributed by atoms with van der Waals surface area (Å²) in [5.74, 6) is 0.852. The topological polar surface area (TPSA) is 120 Å². The number of amides is 1. The van der Waals surface area contributed by atoms with Gasteiger partial charge in [-0.3, -0.25) is 9.78 Å². The van der Waals surface area contributed by atoms with E-state index in [2.05, 4.69) is 34.3 Å². The third-order valence-corrected chi connectivity index (χ3v) is 12.6. The number of anilines is 3. The molecular weight excluding hydrogens is 774 g/mol. The van der Waals surface area contributed by atoms with Crippen molar-refractivity contribution in [2.75, 3.05) is 67.7 Å². The van der Waals surface area contributed by atoms with Gasteiger partial charge in [0.1, 0.15) is 35.7 Å². The number of hydrogen-bond acceptors (Lipinski definition) is 11. The SMILES string of the molecule is C#Cc1c(F)ccc2c1[C@@H](c1ncc3c(N(C)C[C@@H]4CCCN4C(=O)C=C)nc(OC[C@]4(C)C[C@@H](F)CN4c4ccc(N5CCOC[C@@H]5C)cn4)nc3c1F)C[C@](C)(O)C2. The molecule has 1 amide bonds. The van der Waals surface area contributed by atoms with E-state index in [0.29, 0.717) is 49.1 Å². The van der Waals surface area contributed by atoms with Crippen molar-refractivity contribution >= 4 is 34.1 Å². The first-order valence-corrected chi connectivity index (χ1v) is 20.6. The van der Waals surface area contributed by atoms with E-state index >= 15 is 13.2 Å². The molecule has 12 nitrogen and oxygen atoms in total. The lowest BCUT2D eigenvalue weighted by Gasteiger charge is -2.37. The van der Waals surface area contributed by atoms with Gasteiger partial charge in [-0.15, -0.1) is 6.42 Å². The number of hydrogen-bond donors (Lipinski definition) is 1. The van der Waals surface area contributed by atoms with Gasteiger partial charge in [-0.1, -0.05) is 18.6 Å². The van der Waals surface area contributed by atoms with Gasteiger partial charge in [0.15, 0.2) is 5.82 Å². The van der Waals surface area contributed by atoms with Gasteiger partial charge in [0.05, 0.1) is 59.4 Å². The molecule has 1 N–H and O–H groups in total. The third-order valence-electron chi connectivity index (χ3n) is 12.6. The van der Waals surface area contributed by atoms with Crippen LogP contribution in [0.15, 0.2) is 49.3 Å². The smallest absolute Gasteiger partial charge is 0.319 e. The lowest BCUT2D eigenvalue weighted by Crippen LogP contribution is -2.47. The Labute approximate surface area is 348 Å². The molecular formula is C45H51F3N8O4. The number of morpholine rings is 1. The number of pyridine rings is 2. The molecule has 0 unspecified atom stereocenters. The van der Waals surface area contributed by atoms with Crippen LogP contribution in [0.5, 0.6) is 6.01 Å². The number of aromatic nitrogens is 4. The largest absolute Gasteiger partial charge is 0.461 e. The fraction of sp³-hybridized carbons (Fsp3) is 0.489. The summed E-state index contributed by atoms with van der Waals surface area (Å²) in [6, 6.07) is 6.58. The van der Waals surface area contributed by atoms with Crippen LogP contribution in [0.2, 0.25) is 0 Å². The maximum absolute atomic E-state index is 17.3. The van der Waals surface area contributed by atoms with Gasteiger partial charge in [-0.25, -0.2) is 18.2 Å². The van der Waals surface area contributed by atoms with Crippen molar-refractivity contribution in [1.29, 1.82) is 0 Å². The lowest BCUT2D eigenvalue weighted by molar-refractivity contribution is -0.126. The number of ether oxygens (including phenoxy) is 2. The van der Waals surface area contributed by atoms with Crippen LogP contribution in [0.4, 0.5) is 30.5 Å². The number of likely N-dealkylation sites (N-methyl/N-ethyl adjacent to an activating group) is 1. The monoisotopic (exact) mass is 824 g/mol. The van der Waals surface area contributed by atoms with Crippen molar-refractivity contribution in [2.24, 2.45) is 0 Å². The zero-order valence-corrected chi connectivity index (χ0v) is 34.5. The molecule has 4 aliphatic rings. The van der Waals surface area contributed by atoms with Crippen molar-refractivity contribution in [1.82, 2.24) is 24.8 Å². The number of fused-ring (bicyclic) bond motifs is 2. The number of carbonyl (C=O) groups is 1. The number of aliphatic hydroxyl groups is 1.